The minimum absolute atomic E-state index is 0.0212. The number of amides is 1. The maximum Gasteiger partial charge on any atom is 0.253 e. The highest BCUT2D eigenvalue weighted by Crippen LogP contribution is 2.18. The number of rotatable bonds is 5. The van der Waals surface area contributed by atoms with Gasteiger partial charge >= 0.3 is 0 Å². The number of nitrogens with zero attached hydrogens (tertiary/aromatic N) is 6. The number of hydrogen-bond acceptors (Lipinski definition) is 6. The van der Waals surface area contributed by atoms with Gasteiger partial charge in [0.05, 0.1) is 18.4 Å². The summed E-state index contributed by atoms with van der Waals surface area (Å²) in [6.07, 6.45) is 7.01. The van der Waals surface area contributed by atoms with E-state index in [4.69, 9.17) is 4.74 Å². The molecule has 3 heterocycles. The lowest BCUT2D eigenvalue weighted by atomic mass is 10.1. The third kappa shape index (κ3) is 4.17. The topological polar surface area (TPSA) is 86.0 Å². The highest BCUT2D eigenvalue weighted by atomic mass is 16.5. The van der Waals surface area contributed by atoms with Gasteiger partial charge in [0.15, 0.2) is 0 Å². The van der Waals surface area contributed by atoms with Crippen molar-refractivity contribution < 1.29 is 9.53 Å². The van der Waals surface area contributed by atoms with Crippen molar-refractivity contribution in [2.45, 2.75) is 25.6 Å². The summed E-state index contributed by atoms with van der Waals surface area (Å²) in [5.74, 6) is 0.0212. The fraction of sp³-hybridized carbons (Fsp3) is 0.316. The van der Waals surface area contributed by atoms with Gasteiger partial charge in [-0.3, -0.25) is 9.78 Å². The summed E-state index contributed by atoms with van der Waals surface area (Å²) in [7, 11) is 0. The molecule has 2 aromatic heterocycles. The molecule has 0 aliphatic carbocycles. The molecule has 3 aromatic rings. The molecule has 0 radical (unpaired) electrons. The minimum atomic E-state index is 0.0212. The minimum Gasteiger partial charge on any atom is -0.372 e. The second-order valence-electron chi connectivity index (χ2n) is 6.49. The van der Waals surface area contributed by atoms with Gasteiger partial charge in [0.25, 0.3) is 5.91 Å². The SMILES string of the molecule is O=C(c1ccc(-n2cnnn2)cc1)N1CCC[C@H](OCc2cccnc2)C1. The van der Waals surface area contributed by atoms with Gasteiger partial charge in [-0.05, 0) is 59.2 Å². The summed E-state index contributed by atoms with van der Waals surface area (Å²) in [5.41, 5.74) is 2.51. The number of aromatic nitrogens is 5. The quantitative estimate of drug-likeness (QED) is 0.687. The Morgan fingerprint density at radius 3 is 2.85 bits per heavy atom. The van der Waals surface area contributed by atoms with Gasteiger partial charge in [-0.1, -0.05) is 6.07 Å². The number of tetrazole rings is 1. The molecule has 1 aliphatic heterocycles. The zero-order chi connectivity index (χ0) is 18.5. The van der Waals surface area contributed by atoms with E-state index in [0.717, 1.165) is 30.6 Å². The van der Waals surface area contributed by atoms with Gasteiger partial charge in [0, 0.05) is 31.0 Å². The number of carbonyl (C=O) groups excluding carboxylic acids is 1. The maximum atomic E-state index is 12.8. The largest absolute Gasteiger partial charge is 0.372 e. The molecule has 138 valence electrons. The van der Waals surface area contributed by atoms with Crippen molar-refractivity contribution >= 4 is 5.91 Å². The molecule has 0 saturated carbocycles. The Morgan fingerprint density at radius 2 is 2.11 bits per heavy atom. The van der Waals surface area contributed by atoms with Crippen molar-refractivity contribution in [2.75, 3.05) is 13.1 Å². The molecule has 0 unspecified atom stereocenters. The Kier molecular flexibility index (Phi) is 5.15. The molecule has 8 heteroatoms. The van der Waals surface area contributed by atoms with Crippen LogP contribution in [0.4, 0.5) is 0 Å². The van der Waals surface area contributed by atoms with Crippen LogP contribution >= 0.6 is 0 Å². The number of pyridine rings is 1. The summed E-state index contributed by atoms with van der Waals surface area (Å²) < 4.78 is 7.55. The van der Waals surface area contributed by atoms with E-state index < -0.39 is 0 Å². The first-order valence-corrected chi connectivity index (χ1v) is 8.93. The summed E-state index contributed by atoms with van der Waals surface area (Å²) in [5, 5.41) is 11.1. The van der Waals surface area contributed by atoms with Crippen LogP contribution < -0.4 is 0 Å². The molecule has 1 atom stereocenters. The molecular formula is C19H20N6O2. The van der Waals surface area contributed by atoms with E-state index in [9.17, 15) is 4.79 Å². The van der Waals surface area contributed by atoms with Crippen LogP contribution in [0.25, 0.3) is 5.69 Å². The number of carbonyl (C=O) groups is 1. The predicted octanol–water partition coefficient (Wildman–Crippen LogP) is 1.88. The number of piperidine rings is 1. The van der Waals surface area contributed by atoms with Crippen molar-refractivity contribution in [3.05, 3.63) is 66.2 Å². The van der Waals surface area contributed by atoms with Gasteiger partial charge in [0.2, 0.25) is 0 Å². The van der Waals surface area contributed by atoms with Crippen LogP contribution in [0.2, 0.25) is 0 Å². The first-order valence-electron chi connectivity index (χ1n) is 8.93. The number of ether oxygens (including phenoxy) is 1. The van der Waals surface area contributed by atoms with Crippen molar-refractivity contribution in [2.24, 2.45) is 0 Å². The lowest BCUT2D eigenvalue weighted by Crippen LogP contribution is -2.43. The van der Waals surface area contributed by atoms with E-state index in [0.29, 0.717) is 18.7 Å². The van der Waals surface area contributed by atoms with Crippen LogP contribution in [0.5, 0.6) is 0 Å². The second kappa shape index (κ2) is 8.05. The Morgan fingerprint density at radius 1 is 1.22 bits per heavy atom. The summed E-state index contributed by atoms with van der Waals surface area (Å²) in [4.78, 5) is 18.8. The van der Waals surface area contributed by atoms with Gasteiger partial charge in [-0.2, -0.15) is 0 Å². The Labute approximate surface area is 156 Å². The molecule has 0 N–H and O–H groups in total. The van der Waals surface area contributed by atoms with Crippen molar-refractivity contribution in [1.82, 2.24) is 30.1 Å². The Hall–Kier alpha value is -3.13. The average Bonchev–Trinajstić information content (AvgIpc) is 3.28. The van der Waals surface area contributed by atoms with Gasteiger partial charge in [-0.15, -0.1) is 5.10 Å². The fourth-order valence-corrected chi connectivity index (χ4v) is 3.18. The van der Waals surface area contributed by atoms with E-state index in [-0.39, 0.29) is 12.0 Å². The Bertz CT molecular complexity index is 867. The first kappa shape index (κ1) is 17.3. The monoisotopic (exact) mass is 364 g/mol. The molecule has 1 fully saturated rings. The second-order valence-corrected chi connectivity index (χ2v) is 6.49. The average molecular weight is 364 g/mol. The molecule has 1 amide bonds. The highest BCUT2D eigenvalue weighted by molar-refractivity contribution is 5.94. The number of hydrogen-bond donors (Lipinski definition) is 0. The summed E-state index contributed by atoms with van der Waals surface area (Å²) >= 11 is 0. The zero-order valence-corrected chi connectivity index (χ0v) is 14.8. The van der Waals surface area contributed by atoms with Gasteiger partial charge in [-0.25, -0.2) is 4.68 Å². The lowest BCUT2D eigenvalue weighted by molar-refractivity contribution is -0.00681. The molecule has 1 saturated heterocycles. The van der Waals surface area contributed by atoms with E-state index in [1.165, 1.54) is 6.33 Å². The van der Waals surface area contributed by atoms with Crippen LogP contribution in [0, 0.1) is 0 Å². The molecule has 8 nitrogen and oxygen atoms in total. The first-order chi connectivity index (χ1) is 13.3. The van der Waals surface area contributed by atoms with Crippen LogP contribution in [-0.4, -0.2) is 55.2 Å². The molecular weight excluding hydrogens is 344 g/mol. The summed E-state index contributed by atoms with van der Waals surface area (Å²) in [6.45, 7) is 1.87. The van der Waals surface area contributed by atoms with Crippen LogP contribution in [-0.2, 0) is 11.3 Å². The van der Waals surface area contributed by atoms with Crippen LogP contribution in [0.1, 0.15) is 28.8 Å². The zero-order valence-electron chi connectivity index (χ0n) is 14.8. The van der Waals surface area contributed by atoms with Gasteiger partial charge < -0.3 is 9.64 Å². The van der Waals surface area contributed by atoms with E-state index in [1.54, 1.807) is 29.2 Å². The molecule has 4 rings (SSSR count). The fourth-order valence-electron chi connectivity index (χ4n) is 3.18. The van der Waals surface area contributed by atoms with Gasteiger partial charge in [0.1, 0.15) is 6.33 Å². The van der Waals surface area contributed by atoms with E-state index in [1.807, 2.05) is 29.2 Å². The summed E-state index contributed by atoms with van der Waals surface area (Å²) in [6, 6.07) is 11.2. The number of benzene rings is 1. The third-order valence-electron chi connectivity index (χ3n) is 4.60. The van der Waals surface area contributed by atoms with Crippen molar-refractivity contribution in [3.8, 4) is 5.69 Å². The van der Waals surface area contributed by atoms with Crippen LogP contribution in [0.3, 0.4) is 0 Å². The predicted molar refractivity (Wildman–Crippen MR) is 97.1 cm³/mol. The number of likely N-dealkylation sites (tertiary alicyclic amines) is 1. The lowest BCUT2D eigenvalue weighted by Gasteiger charge is -2.32. The highest BCUT2D eigenvalue weighted by Gasteiger charge is 2.25. The van der Waals surface area contributed by atoms with Crippen molar-refractivity contribution in [1.29, 1.82) is 0 Å². The molecule has 1 aromatic carbocycles. The van der Waals surface area contributed by atoms with E-state index in [2.05, 4.69) is 20.5 Å². The molecule has 1 aliphatic rings. The third-order valence-corrected chi connectivity index (χ3v) is 4.60. The molecule has 0 bridgehead atoms. The van der Waals surface area contributed by atoms with E-state index >= 15 is 0 Å². The molecule has 27 heavy (non-hydrogen) atoms. The normalized spacial score (nSPS) is 17.0. The maximum absolute atomic E-state index is 12.8. The standard InChI is InChI=1S/C19H20N6O2/c26-19(16-5-7-17(8-6-16)25-14-21-22-23-25)24-10-2-4-18(12-24)27-13-15-3-1-9-20-11-15/h1,3,5-9,11,14,18H,2,4,10,12-13H2/t18-/m0/s1. The van der Waals surface area contributed by atoms with Crippen molar-refractivity contribution in [3.63, 3.8) is 0 Å². The smallest absolute Gasteiger partial charge is 0.253 e. The molecule has 0 spiro atoms. The Balaban J connectivity index is 1.36. The van der Waals surface area contributed by atoms with Crippen LogP contribution in [0.15, 0.2) is 55.1 Å².